The number of aryl methyl sites for hydroxylation is 4. The van der Waals surface area contributed by atoms with E-state index >= 15 is 0 Å². The van der Waals surface area contributed by atoms with Crippen LogP contribution in [0.4, 0.5) is 11.6 Å². The van der Waals surface area contributed by atoms with Crippen molar-refractivity contribution in [3.05, 3.63) is 55.4 Å². The molecule has 0 aliphatic heterocycles. The summed E-state index contributed by atoms with van der Waals surface area (Å²) in [5, 5.41) is 7.99. The van der Waals surface area contributed by atoms with Gasteiger partial charge >= 0.3 is 0 Å². The number of hydrogen-bond donors (Lipinski definition) is 2. The molecule has 0 saturated carbocycles. The minimum atomic E-state index is -4.22. The van der Waals surface area contributed by atoms with Gasteiger partial charge in [0.05, 0.1) is 5.69 Å². The number of nitrogens with zero attached hydrogens (tertiary/aromatic N) is 1. The van der Waals surface area contributed by atoms with Crippen LogP contribution < -0.4 is 10.0 Å². The number of amides is 1. The first-order valence-corrected chi connectivity index (χ1v) is 12.8. The molecule has 8 nitrogen and oxygen atoms in total. The van der Waals surface area contributed by atoms with Crippen LogP contribution in [0.3, 0.4) is 0 Å². The highest BCUT2D eigenvalue weighted by Crippen LogP contribution is 2.33. The Morgan fingerprint density at radius 1 is 1.12 bits per heavy atom. The highest BCUT2D eigenvalue weighted by molar-refractivity contribution is 7.93. The highest BCUT2D eigenvalue weighted by atomic mass is 35.5. The number of aromatic nitrogens is 1. The molecule has 0 spiro atoms. The lowest BCUT2D eigenvalue weighted by molar-refractivity contribution is 0.0940. The molecule has 2 N–H and O–H groups in total. The molecule has 0 fully saturated rings. The Kier molecular flexibility index (Phi) is 7.01. The fraction of sp³-hybridized carbons (Fsp3) is 0.318. The summed E-state index contributed by atoms with van der Waals surface area (Å²) in [5.41, 5.74) is 3.03. The Labute approximate surface area is 201 Å². The third-order valence-corrected chi connectivity index (χ3v) is 8.11. The number of benzene rings is 1. The number of nitrogens with one attached hydrogen (secondary N) is 2. The van der Waals surface area contributed by atoms with Gasteiger partial charge < -0.3 is 9.84 Å². The van der Waals surface area contributed by atoms with Crippen molar-refractivity contribution in [3.63, 3.8) is 0 Å². The molecule has 0 radical (unpaired) electrons. The monoisotopic (exact) mass is 509 g/mol. The van der Waals surface area contributed by atoms with Crippen molar-refractivity contribution in [2.45, 2.75) is 46.4 Å². The first-order valence-electron chi connectivity index (χ1n) is 10.0. The molecule has 0 atom stereocenters. The summed E-state index contributed by atoms with van der Waals surface area (Å²) in [6.07, 6.45) is 0. The van der Waals surface area contributed by atoms with Crippen molar-refractivity contribution in [1.29, 1.82) is 0 Å². The average molecular weight is 510 g/mol. The molecule has 1 amide bonds. The first kappa shape index (κ1) is 24.9. The first-order chi connectivity index (χ1) is 15.3. The van der Waals surface area contributed by atoms with Crippen LogP contribution in [0.2, 0.25) is 5.02 Å². The number of sulfonamides is 1. The largest absolute Gasteiger partial charge is 0.336 e. The van der Waals surface area contributed by atoms with Gasteiger partial charge in [-0.3, -0.25) is 9.59 Å². The topological polar surface area (TPSA) is 118 Å². The number of thiophene rings is 1. The fourth-order valence-corrected chi connectivity index (χ4v) is 6.19. The van der Waals surface area contributed by atoms with E-state index in [1.807, 2.05) is 13.0 Å². The van der Waals surface area contributed by atoms with Gasteiger partial charge in [-0.25, -0.2) is 13.1 Å². The standard InChI is InChI=1S/C22H24ClN3O5S2/c1-10(2)18(27)15-8-11(3)7-12(4)17(15)24-21(28)19-20(13(5)9-32-19)33(29,30)26-22-16(23)14(6)25-31-22/h7-10,26H,1-6H3,(H,24,28). The van der Waals surface area contributed by atoms with Gasteiger partial charge in [-0.2, -0.15) is 0 Å². The molecule has 1 aromatic carbocycles. The quantitative estimate of drug-likeness (QED) is 0.405. The maximum atomic E-state index is 13.2. The number of Topliss-reactive ketones (excluding diaryl/α,β-unsaturated/α-hetero) is 1. The second kappa shape index (κ2) is 9.28. The summed E-state index contributed by atoms with van der Waals surface area (Å²) < 4.78 is 33.4. The maximum absolute atomic E-state index is 13.2. The van der Waals surface area contributed by atoms with E-state index in [4.69, 9.17) is 16.1 Å². The van der Waals surface area contributed by atoms with E-state index in [1.165, 1.54) is 0 Å². The van der Waals surface area contributed by atoms with Gasteiger partial charge in [0.1, 0.15) is 20.5 Å². The molecule has 2 heterocycles. The fourth-order valence-electron chi connectivity index (χ4n) is 3.33. The molecule has 3 aromatic rings. The van der Waals surface area contributed by atoms with Crippen LogP contribution in [-0.2, 0) is 10.0 Å². The predicted molar refractivity (Wildman–Crippen MR) is 129 cm³/mol. The number of carbonyl (C=O) groups excluding carboxylic acids is 2. The smallest absolute Gasteiger partial charge is 0.267 e. The summed E-state index contributed by atoms with van der Waals surface area (Å²) in [7, 11) is -4.22. The number of hydrogen-bond acceptors (Lipinski definition) is 7. The van der Waals surface area contributed by atoms with Gasteiger partial charge in [0.15, 0.2) is 5.78 Å². The van der Waals surface area contributed by atoms with E-state index < -0.39 is 15.9 Å². The van der Waals surface area contributed by atoms with E-state index in [9.17, 15) is 18.0 Å². The minimum Gasteiger partial charge on any atom is -0.336 e. The Morgan fingerprint density at radius 3 is 2.36 bits per heavy atom. The zero-order valence-electron chi connectivity index (χ0n) is 19.0. The lowest BCUT2D eigenvalue weighted by atomic mass is 9.95. The van der Waals surface area contributed by atoms with Gasteiger partial charge in [-0.1, -0.05) is 36.7 Å². The molecular formula is C22H24ClN3O5S2. The number of halogens is 1. The SMILES string of the molecule is Cc1cc(C)c(NC(=O)c2scc(C)c2S(=O)(=O)Nc2onc(C)c2Cl)c(C(=O)C(C)C)c1. The van der Waals surface area contributed by atoms with Crippen LogP contribution in [-0.4, -0.2) is 25.3 Å². The summed E-state index contributed by atoms with van der Waals surface area (Å²) >= 11 is 7.02. The normalized spacial score (nSPS) is 11.6. The molecule has 0 saturated heterocycles. The van der Waals surface area contributed by atoms with Crippen LogP contribution in [0.25, 0.3) is 0 Å². The second-order valence-corrected chi connectivity index (χ2v) is 10.9. The Hall–Kier alpha value is -2.69. The zero-order chi connectivity index (χ0) is 24.7. The number of rotatable bonds is 7. The van der Waals surface area contributed by atoms with Crippen molar-refractivity contribution >= 4 is 56.2 Å². The van der Waals surface area contributed by atoms with Crippen LogP contribution in [0.5, 0.6) is 0 Å². The summed E-state index contributed by atoms with van der Waals surface area (Å²) in [6.45, 7) is 10.4. The highest BCUT2D eigenvalue weighted by Gasteiger charge is 2.30. The maximum Gasteiger partial charge on any atom is 0.267 e. The molecule has 176 valence electrons. The predicted octanol–water partition coefficient (Wildman–Crippen LogP) is 5.51. The Bertz CT molecular complexity index is 1360. The van der Waals surface area contributed by atoms with Crippen molar-refractivity contribution in [2.24, 2.45) is 5.92 Å². The van der Waals surface area contributed by atoms with Crippen molar-refractivity contribution < 1.29 is 22.5 Å². The summed E-state index contributed by atoms with van der Waals surface area (Å²) in [6, 6.07) is 3.57. The molecule has 3 rings (SSSR count). The van der Waals surface area contributed by atoms with Crippen molar-refractivity contribution in [2.75, 3.05) is 10.0 Å². The van der Waals surface area contributed by atoms with Gasteiger partial charge in [0, 0.05) is 11.5 Å². The van der Waals surface area contributed by atoms with Gasteiger partial charge in [0.2, 0.25) is 0 Å². The molecule has 2 aromatic heterocycles. The lowest BCUT2D eigenvalue weighted by Gasteiger charge is -2.16. The lowest BCUT2D eigenvalue weighted by Crippen LogP contribution is -2.21. The van der Waals surface area contributed by atoms with Crippen LogP contribution in [0, 0.1) is 33.6 Å². The number of ketones is 1. The summed E-state index contributed by atoms with van der Waals surface area (Å²) in [4.78, 5) is 25.8. The zero-order valence-corrected chi connectivity index (χ0v) is 21.4. The van der Waals surface area contributed by atoms with E-state index in [-0.39, 0.29) is 32.4 Å². The molecule has 11 heteroatoms. The van der Waals surface area contributed by atoms with Crippen molar-refractivity contribution in [1.82, 2.24) is 5.16 Å². The van der Waals surface area contributed by atoms with Crippen LogP contribution in [0.15, 0.2) is 26.9 Å². The van der Waals surface area contributed by atoms with Gasteiger partial charge in [-0.15, -0.1) is 11.3 Å². The third-order valence-electron chi connectivity index (χ3n) is 4.92. The molecule has 0 bridgehead atoms. The van der Waals surface area contributed by atoms with Crippen molar-refractivity contribution in [3.8, 4) is 0 Å². The number of anilines is 2. The van der Waals surface area contributed by atoms with E-state index in [1.54, 1.807) is 46.1 Å². The minimum absolute atomic E-state index is 0.0320. The van der Waals surface area contributed by atoms with E-state index in [0.717, 1.165) is 16.9 Å². The Balaban J connectivity index is 2.02. The third kappa shape index (κ3) is 4.97. The molecule has 33 heavy (non-hydrogen) atoms. The number of carbonyl (C=O) groups is 2. The molecule has 0 unspecified atom stereocenters. The Morgan fingerprint density at radius 2 is 1.79 bits per heavy atom. The van der Waals surface area contributed by atoms with Crippen LogP contribution in [0.1, 0.15) is 56.3 Å². The molecular weight excluding hydrogens is 486 g/mol. The van der Waals surface area contributed by atoms with E-state index in [0.29, 0.717) is 28.1 Å². The van der Waals surface area contributed by atoms with Gasteiger partial charge in [-0.05, 0) is 55.8 Å². The molecule has 0 aliphatic rings. The second-order valence-electron chi connectivity index (χ2n) is 8.07. The summed E-state index contributed by atoms with van der Waals surface area (Å²) in [5.74, 6) is -1.27. The van der Waals surface area contributed by atoms with Gasteiger partial charge in [0.25, 0.3) is 21.8 Å². The average Bonchev–Trinajstić information content (AvgIpc) is 3.26. The van der Waals surface area contributed by atoms with Crippen LogP contribution >= 0.6 is 22.9 Å². The van der Waals surface area contributed by atoms with E-state index in [2.05, 4.69) is 15.2 Å². The molecule has 0 aliphatic carbocycles.